The lowest BCUT2D eigenvalue weighted by molar-refractivity contribution is -0.121. The van der Waals surface area contributed by atoms with Crippen molar-refractivity contribution in [1.29, 1.82) is 0 Å². The average Bonchev–Trinajstić information content (AvgIpc) is 2.34. The topological polar surface area (TPSA) is 58.2 Å². The zero-order valence-corrected chi connectivity index (χ0v) is 12.8. The molecule has 0 atom stereocenters. The van der Waals surface area contributed by atoms with E-state index in [2.05, 4.69) is 26.6 Å². The Labute approximate surface area is 122 Å². The minimum atomic E-state index is -0.148. The molecular formula is C14H19BrN2O2. The van der Waals surface area contributed by atoms with E-state index < -0.39 is 0 Å². The molecule has 1 rings (SSSR count). The van der Waals surface area contributed by atoms with E-state index in [0.29, 0.717) is 31.0 Å². The van der Waals surface area contributed by atoms with Crippen molar-refractivity contribution in [2.75, 3.05) is 13.1 Å². The van der Waals surface area contributed by atoms with Crippen LogP contribution in [0.1, 0.15) is 30.6 Å². The number of benzene rings is 1. The van der Waals surface area contributed by atoms with Crippen LogP contribution < -0.4 is 10.6 Å². The summed E-state index contributed by atoms with van der Waals surface area (Å²) in [6.07, 6.45) is 0.512. The van der Waals surface area contributed by atoms with E-state index in [1.54, 1.807) is 6.07 Å². The van der Waals surface area contributed by atoms with Gasteiger partial charge in [-0.1, -0.05) is 26.0 Å². The first kappa shape index (κ1) is 15.7. The lowest BCUT2D eigenvalue weighted by Crippen LogP contribution is -2.35. The van der Waals surface area contributed by atoms with E-state index in [1.165, 1.54) is 0 Å². The molecule has 0 spiro atoms. The molecular weight excluding hydrogens is 308 g/mol. The van der Waals surface area contributed by atoms with Gasteiger partial charge in [0.2, 0.25) is 5.91 Å². The Morgan fingerprint density at radius 2 is 1.79 bits per heavy atom. The molecule has 0 aliphatic carbocycles. The molecule has 0 bridgehead atoms. The minimum Gasteiger partial charge on any atom is -0.354 e. The fourth-order valence-corrected chi connectivity index (χ4v) is 2.03. The van der Waals surface area contributed by atoms with Crippen molar-refractivity contribution in [1.82, 2.24) is 10.6 Å². The van der Waals surface area contributed by atoms with E-state index in [0.717, 1.165) is 4.47 Å². The summed E-state index contributed by atoms with van der Waals surface area (Å²) >= 11 is 3.33. The van der Waals surface area contributed by atoms with Crippen LogP contribution >= 0.6 is 15.9 Å². The molecule has 0 aromatic heterocycles. The normalized spacial score (nSPS) is 10.3. The summed E-state index contributed by atoms with van der Waals surface area (Å²) in [5, 5.41) is 5.53. The van der Waals surface area contributed by atoms with Gasteiger partial charge in [-0.25, -0.2) is 0 Å². The zero-order valence-electron chi connectivity index (χ0n) is 11.2. The number of carbonyl (C=O) groups excluding carboxylic acids is 2. The first-order valence-corrected chi connectivity index (χ1v) is 7.09. The van der Waals surface area contributed by atoms with Crippen LogP contribution in [0.5, 0.6) is 0 Å². The van der Waals surface area contributed by atoms with Gasteiger partial charge in [0.25, 0.3) is 5.91 Å². The van der Waals surface area contributed by atoms with Gasteiger partial charge in [0.15, 0.2) is 0 Å². The van der Waals surface area contributed by atoms with Gasteiger partial charge >= 0.3 is 0 Å². The third-order valence-corrected chi connectivity index (χ3v) is 3.14. The molecule has 1 aromatic carbocycles. The van der Waals surface area contributed by atoms with Crippen LogP contribution in [0.4, 0.5) is 0 Å². The molecule has 0 saturated heterocycles. The maximum absolute atomic E-state index is 11.8. The molecule has 19 heavy (non-hydrogen) atoms. The molecule has 0 aliphatic heterocycles. The highest BCUT2D eigenvalue weighted by molar-refractivity contribution is 9.10. The Morgan fingerprint density at radius 1 is 1.16 bits per heavy atom. The molecule has 0 saturated carbocycles. The molecule has 104 valence electrons. The average molecular weight is 327 g/mol. The molecule has 0 aliphatic rings. The fraction of sp³-hybridized carbons (Fsp3) is 0.429. The van der Waals surface area contributed by atoms with Crippen molar-refractivity contribution in [3.8, 4) is 0 Å². The SMILES string of the molecule is CC(C)CC(=O)NCCNC(=O)c1ccccc1Br. The van der Waals surface area contributed by atoms with E-state index >= 15 is 0 Å². The Kier molecular flexibility index (Phi) is 6.56. The van der Waals surface area contributed by atoms with Crippen molar-refractivity contribution in [3.63, 3.8) is 0 Å². The first-order valence-electron chi connectivity index (χ1n) is 6.30. The molecule has 1 aromatic rings. The molecule has 0 unspecified atom stereocenters. The highest BCUT2D eigenvalue weighted by Crippen LogP contribution is 2.15. The van der Waals surface area contributed by atoms with Crippen LogP contribution in [0, 0.1) is 5.92 Å². The highest BCUT2D eigenvalue weighted by Gasteiger charge is 2.08. The number of rotatable bonds is 6. The second kappa shape index (κ2) is 7.94. The number of halogens is 1. The monoisotopic (exact) mass is 326 g/mol. The third-order valence-electron chi connectivity index (χ3n) is 2.44. The maximum atomic E-state index is 11.8. The van der Waals surface area contributed by atoms with Gasteiger partial charge in [-0.05, 0) is 34.0 Å². The second-order valence-corrected chi connectivity index (χ2v) is 5.54. The van der Waals surface area contributed by atoms with E-state index in [1.807, 2.05) is 32.0 Å². The van der Waals surface area contributed by atoms with Gasteiger partial charge in [-0.2, -0.15) is 0 Å². The summed E-state index contributed by atoms with van der Waals surface area (Å²) in [7, 11) is 0. The van der Waals surface area contributed by atoms with Crippen LogP contribution in [0.2, 0.25) is 0 Å². The number of carbonyl (C=O) groups is 2. The van der Waals surface area contributed by atoms with Gasteiger partial charge in [0.05, 0.1) is 5.56 Å². The van der Waals surface area contributed by atoms with Gasteiger partial charge in [0.1, 0.15) is 0 Å². The van der Waals surface area contributed by atoms with E-state index in [4.69, 9.17) is 0 Å². The van der Waals surface area contributed by atoms with Crippen LogP contribution in [-0.2, 0) is 4.79 Å². The molecule has 5 heteroatoms. The van der Waals surface area contributed by atoms with Gasteiger partial charge in [-0.3, -0.25) is 9.59 Å². The predicted octanol–water partition coefficient (Wildman–Crippen LogP) is 2.34. The van der Waals surface area contributed by atoms with Gasteiger partial charge in [-0.15, -0.1) is 0 Å². The lowest BCUT2D eigenvalue weighted by atomic mass is 10.1. The Balaban J connectivity index is 2.29. The maximum Gasteiger partial charge on any atom is 0.252 e. The first-order chi connectivity index (χ1) is 9.00. The van der Waals surface area contributed by atoms with Crippen LogP contribution in [0.25, 0.3) is 0 Å². The fourth-order valence-electron chi connectivity index (χ4n) is 1.56. The van der Waals surface area contributed by atoms with Crippen LogP contribution in [0.15, 0.2) is 28.7 Å². The van der Waals surface area contributed by atoms with Crippen molar-refractivity contribution in [2.24, 2.45) is 5.92 Å². The molecule has 2 N–H and O–H groups in total. The number of hydrogen-bond acceptors (Lipinski definition) is 2. The van der Waals surface area contributed by atoms with E-state index in [-0.39, 0.29) is 11.8 Å². The molecule has 4 nitrogen and oxygen atoms in total. The summed E-state index contributed by atoms with van der Waals surface area (Å²) in [5.41, 5.74) is 0.594. The number of amides is 2. The Morgan fingerprint density at radius 3 is 2.42 bits per heavy atom. The van der Waals surface area contributed by atoms with Crippen LogP contribution in [0.3, 0.4) is 0 Å². The lowest BCUT2D eigenvalue weighted by Gasteiger charge is -2.09. The molecule has 2 amide bonds. The predicted molar refractivity (Wildman–Crippen MR) is 78.9 cm³/mol. The minimum absolute atomic E-state index is 0.0186. The molecule has 0 heterocycles. The zero-order chi connectivity index (χ0) is 14.3. The van der Waals surface area contributed by atoms with Crippen LogP contribution in [-0.4, -0.2) is 24.9 Å². The van der Waals surface area contributed by atoms with Crippen molar-refractivity contribution < 1.29 is 9.59 Å². The summed E-state index contributed by atoms with van der Waals surface area (Å²) in [5.74, 6) is 0.214. The van der Waals surface area contributed by atoms with Crippen molar-refractivity contribution in [2.45, 2.75) is 20.3 Å². The summed E-state index contributed by atoms with van der Waals surface area (Å²) in [4.78, 5) is 23.2. The second-order valence-electron chi connectivity index (χ2n) is 4.68. The third kappa shape index (κ3) is 5.87. The number of hydrogen-bond donors (Lipinski definition) is 2. The summed E-state index contributed by atoms with van der Waals surface area (Å²) in [6.45, 7) is 4.86. The van der Waals surface area contributed by atoms with Gasteiger partial charge < -0.3 is 10.6 Å². The smallest absolute Gasteiger partial charge is 0.252 e. The Bertz CT molecular complexity index is 447. The quantitative estimate of drug-likeness (QED) is 0.788. The standard InChI is InChI=1S/C14H19BrN2O2/c1-10(2)9-13(18)16-7-8-17-14(19)11-5-3-4-6-12(11)15/h3-6,10H,7-9H2,1-2H3,(H,16,18)(H,17,19). The van der Waals surface area contributed by atoms with Crippen molar-refractivity contribution >= 4 is 27.7 Å². The summed E-state index contributed by atoms with van der Waals surface area (Å²) < 4.78 is 0.761. The summed E-state index contributed by atoms with van der Waals surface area (Å²) in [6, 6.07) is 7.23. The largest absolute Gasteiger partial charge is 0.354 e. The van der Waals surface area contributed by atoms with Crippen molar-refractivity contribution in [3.05, 3.63) is 34.3 Å². The Hall–Kier alpha value is -1.36. The van der Waals surface area contributed by atoms with E-state index in [9.17, 15) is 9.59 Å². The molecule has 0 fully saturated rings. The highest BCUT2D eigenvalue weighted by atomic mass is 79.9. The van der Waals surface area contributed by atoms with Gasteiger partial charge in [0, 0.05) is 24.0 Å². The molecule has 0 radical (unpaired) electrons. The number of nitrogens with one attached hydrogen (secondary N) is 2.